The lowest BCUT2D eigenvalue weighted by atomic mass is 10.4. The fraction of sp³-hybridized carbons (Fsp3) is 0.250. The molecule has 0 atom stereocenters. The summed E-state index contributed by atoms with van der Waals surface area (Å²) in [4.78, 5) is 0.839. The second-order valence-electron chi connectivity index (χ2n) is 2.34. The maximum Gasteiger partial charge on any atom is 0.112 e. The molecule has 0 aliphatic heterocycles. The standard InChI is InChI=1S/C8H10OS2/c1-11(2)6-7(9)8-4-3-5-10-8/h3-6H,1-2H3/b7-6-. The minimum atomic E-state index is 0.102. The van der Waals surface area contributed by atoms with Crippen LogP contribution in [0.4, 0.5) is 0 Å². The van der Waals surface area contributed by atoms with E-state index in [0.29, 0.717) is 0 Å². The summed E-state index contributed by atoms with van der Waals surface area (Å²) >= 11 is 1.50. The van der Waals surface area contributed by atoms with Crippen LogP contribution in [-0.4, -0.2) is 12.5 Å². The third kappa shape index (κ3) is 2.60. The van der Waals surface area contributed by atoms with Gasteiger partial charge < -0.3 is 5.11 Å². The summed E-state index contributed by atoms with van der Waals surface area (Å²) in [5, 5.41) is 15.0. The third-order valence-corrected chi connectivity index (χ3v) is 2.68. The quantitative estimate of drug-likeness (QED) is 0.504. The van der Waals surface area contributed by atoms with Gasteiger partial charge in [-0.1, -0.05) is 6.07 Å². The fourth-order valence-corrected chi connectivity index (χ4v) is 1.96. The lowest BCUT2D eigenvalue weighted by molar-refractivity contribution is -0.243. The van der Waals surface area contributed by atoms with Gasteiger partial charge >= 0.3 is 0 Å². The first-order valence-electron chi connectivity index (χ1n) is 3.19. The topological polar surface area (TPSA) is 23.1 Å². The van der Waals surface area contributed by atoms with Crippen molar-refractivity contribution in [3.8, 4) is 0 Å². The van der Waals surface area contributed by atoms with Crippen molar-refractivity contribution in [1.82, 2.24) is 0 Å². The van der Waals surface area contributed by atoms with E-state index >= 15 is 0 Å². The Kier molecular flexibility index (Phi) is 3.02. The van der Waals surface area contributed by atoms with Crippen LogP contribution in [0.5, 0.6) is 0 Å². The van der Waals surface area contributed by atoms with E-state index in [4.69, 9.17) is 0 Å². The average molecular weight is 186 g/mol. The second-order valence-corrected chi connectivity index (χ2v) is 5.28. The maximum atomic E-state index is 11.3. The molecule has 1 rings (SSSR count). The second kappa shape index (κ2) is 3.83. The third-order valence-electron chi connectivity index (χ3n) is 1.11. The highest BCUT2D eigenvalue weighted by atomic mass is 32.2. The van der Waals surface area contributed by atoms with E-state index in [0.717, 1.165) is 4.88 Å². The van der Waals surface area contributed by atoms with Gasteiger partial charge in [-0.2, -0.15) is 0 Å². The minimum absolute atomic E-state index is 0.102. The highest BCUT2D eigenvalue weighted by Crippen LogP contribution is 2.15. The molecule has 0 aliphatic rings. The minimum Gasteiger partial charge on any atom is -0.869 e. The highest BCUT2D eigenvalue weighted by Gasteiger charge is 1.97. The summed E-state index contributed by atoms with van der Waals surface area (Å²) in [6, 6.07) is 3.76. The Balaban J connectivity index is 2.77. The molecule has 1 heterocycles. The zero-order valence-corrected chi connectivity index (χ0v) is 8.17. The van der Waals surface area contributed by atoms with Gasteiger partial charge in [0.1, 0.15) is 17.9 Å². The SMILES string of the molecule is C[S+](C)/C=C(\[O-])c1cccs1. The molecule has 0 fully saturated rings. The molecule has 0 saturated heterocycles. The van der Waals surface area contributed by atoms with Gasteiger partial charge in [0.15, 0.2) is 0 Å². The van der Waals surface area contributed by atoms with Gasteiger partial charge in [0.05, 0.1) is 0 Å². The largest absolute Gasteiger partial charge is 0.869 e. The Labute approximate surface area is 73.7 Å². The van der Waals surface area contributed by atoms with E-state index in [1.165, 1.54) is 11.3 Å². The van der Waals surface area contributed by atoms with Crippen molar-refractivity contribution < 1.29 is 5.11 Å². The summed E-state index contributed by atoms with van der Waals surface area (Å²) < 4.78 is 0. The van der Waals surface area contributed by atoms with Crippen molar-refractivity contribution in [2.24, 2.45) is 0 Å². The van der Waals surface area contributed by atoms with Gasteiger partial charge in [-0.3, -0.25) is 0 Å². The molecule has 0 aliphatic carbocycles. The first-order chi connectivity index (χ1) is 5.20. The van der Waals surface area contributed by atoms with Crippen LogP contribution in [0.2, 0.25) is 0 Å². The molecule has 0 saturated carbocycles. The molecule has 1 aromatic rings. The smallest absolute Gasteiger partial charge is 0.112 e. The van der Waals surface area contributed by atoms with Crippen molar-refractivity contribution in [2.75, 3.05) is 12.5 Å². The summed E-state index contributed by atoms with van der Waals surface area (Å²) in [7, 11) is 0.102. The predicted octanol–water partition coefficient (Wildman–Crippen LogP) is 1.28. The predicted molar refractivity (Wildman–Crippen MR) is 51.5 cm³/mol. The fourth-order valence-electron chi connectivity index (χ4n) is 0.691. The highest BCUT2D eigenvalue weighted by molar-refractivity contribution is 7.98. The Morgan fingerprint density at radius 3 is 2.82 bits per heavy atom. The van der Waals surface area contributed by atoms with Crippen LogP contribution < -0.4 is 5.11 Å². The molecule has 3 heteroatoms. The van der Waals surface area contributed by atoms with Crippen molar-refractivity contribution in [3.63, 3.8) is 0 Å². The van der Waals surface area contributed by atoms with Crippen molar-refractivity contribution in [2.45, 2.75) is 0 Å². The number of thiophene rings is 1. The maximum absolute atomic E-state index is 11.3. The first kappa shape index (κ1) is 8.68. The van der Waals surface area contributed by atoms with Gasteiger partial charge in [0.2, 0.25) is 0 Å². The zero-order valence-electron chi connectivity index (χ0n) is 6.53. The van der Waals surface area contributed by atoms with Crippen LogP contribution in [0.15, 0.2) is 22.9 Å². The Hall–Kier alpha value is -0.410. The van der Waals surface area contributed by atoms with Crippen LogP contribution in [-0.2, 0) is 10.9 Å². The van der Waals surface area contributed by atoms with E-state index in [9.17, 15) is 5.11 Å². The van der Waals surface area contributed by atoms with E-state index in [1.54, 1.807) is 5.41 Å². The molecule has 0 aromatic carbocycles. The van der Waals surface area contributed by atoms with E-state index in [-0.39, 0.29) is 16.7 Å². The van der Waals surface area contributed by atoms with E-state index in [1.807, 2.05) is 30.0 Å². The van der Waals surface area contributed by atoms with Crippen LogP contribution in [0.1, 0.15) is 4.88 Å². The lowest BCUT2D eigenvalue weighted by Gasteiger charge is -2.05. The van der Waals surface area contributed by atoms with E-state index < -0.39 is 0 Å². The van der Waals surface area contributed by atoms with Gasteiger partial charge in [-0.25, -0.2) is 0 Å². The van der Waals surface area contributed by atoms with Gasteiger partial charge in [0.25, 0.3) is 0 Å². The lowest BCUT2D eigenvalue weighted by Crippen LogP contribution is -2.03. The first-order valence-corrected chi connectivity index (χ1v) is 6.17. The van der Waals surface area contributed by atoms with Crippen LogP contribution >= 0.6 is 11.3 Å². The molecule has 0 N–H and O–H groups in total. The molecular formula is C8H10OS2. The van der Waals surface area contributed by atoms with Gasteiger partial charge in [-0.15, -0.1) is 11.3 Å². The molecule has 0 radical (unpaired) electrons. The average Bonchev–Trinajstić information content (AvgIpc) is 2.35. The molecule has 0 unspecified atom stereocenters. The summed E-state index contributed by atoms with van der Waals surface area (Å²) in [5.41, 5.74) is 0. The number of hydrogen-bond acceptors (Lipinski definition) is 2. The summed E-state index contributed by atoms with van der Waals surface area (Å²) in [6.45, 7) is 0. The molecule has 11 heavy (non-hydrogen) atoms. The molecule has 0 amide bonds. The molecule has 60 valence electrons. The van der Waals surface area contributed by atoms with Gasteiger partial charge in [-0.05, 0) is 17.2 Å². The number of rotatable bonds is 2. The summed E-state index contributed by atoms with van der Waals surface area (Å²) in [6.07, 6.45) is 4.07. The van der Waals surface area contributed by atoms with Crippen molar-refractivity contribution >= 4 is 28.0 Å². The molecular weight excluding hydrogens is 176 g/mol. The molecule has 1 nitrogen and oxygen atoms in total. The van der Waals surface area contributed by atoms with Crippen LogP contribution in [0.3, 0.4) is 0 Å². The normalized spacial score (nSPS) is 12.5. The Morgan fingerprint density at radius 2 is 2.36 bits per heavy atom. The van der Waals surface area contributed by atoms with Gasteiger partial charge in [0, 0.05) is 15.8 Å². The molecule has 0 bridgehead atoms. The molecule has 1 aromatic heterocycles. The van der Waals surface area contributed by atoms with Crippen LogP contribution in [0, 0.1) is 0 Å². The van der Waals surface area contributed by atoms with E-state index in [2.05, 4.69) is 0 Å². The molecule has 0 spiro atoms. The van der Waals surface area contributed by atoms with Crippen molar-refractivity contribution in [1.29, 1.82) is 0 Å². The van der Waals surface area contributed by atoms with Crippen molar-refractivity contribution in [3.05, 3.63) is 27.8 Å². The Bertz CT molecular complexity index is 237. The Morgan fingerprint density at radius 1 is 1.64 bits per heavy atom. The summed E-state index contributed by atoms with van der Waals surface area (Å²) in [5.74, 6) is 0.160. The monoisotopic (exact) mass is 186 g/mol. The number of hydrogen-bond donors (Lipinski definition) is 0. The van der Waals surface area contributed by atoms with Crippen LogP contribution in [0.25, 0.3) is 5.76 Å². The zero-order chi connectivity index (χ0) is 8.27.